The first-order chi connectivity index (χ1) is 14.9. The molecule has 4 rings (SSSR count). The number of halogens is 1. The Labute approximate surface area is 188 Å². The molecular formula is C23H19ClN2O4S. The summed E-state index contributed by atoms with van der Waals surface area (Å²) in [4.78, 5) is 28.6. The predicted molar refractivity (Wildman–Crippen MR) is 123 cm³/mol. The molecule has 0 saturated carbocycles. The lowest BCUT2D eigenvalue weighted by molar-refractivity contribution is -0.120. The van der Waals surface area contributed by atoms with Crippen LogP contribution in [0.15, 0.2) is 59.6 Å². The lowest BCUT2D eigenvalue weighted by Crippen LogP contribution is -2.32. The van der Waals surface area contributed by atoms with Gasteiger partial charge in [-0.15, -0.1) is 11.3 Å². The zero-order valence-electron chi connectivity index (χ0n) is 17.1. The number of methoxy groups -OCH3 is 2. The average Bonchev–Trinajstić information content (AvgIpc) is 3.37. The number of hydrogen-bond donors (Lipinski definition) is 1. The van der Waals surface area contributed by atoms with Gasteiger partial charge in [0.1, 0.15) is 5.70 Å². The van der Waals surface area contributed by atoms with E-state index in [0.29, 0.717) is 38.3 Å². The van der Waals surface area contributed by atoms with Crippen molar-refractivity contribution in [2.45, 2.75) is 6.92 Å². The molecular weight excluding hydrogens is 436 g/mol. The van der Waals surface area contributed by atoms with Crippen molar-refractivity contribution >= 4 is 51.7 Å². The van der Waals surface area contributed by atoms with Gasteiger partial charge in [0.25, 0.3) is 11.8 Å². The third-order valence-corrected chi connectivity index (χ3v) is 6.21. The van der Waals surface area contributed by atoms with Crippen molar-refractivity contribution in [3.05, 3.63) is 75.1 Å². The van der Waals surface area contributed by atoms with E-state index in [9.17, 15) is 9.59 Å². The number of nitrogens with zero attached hydrogens (tertiary/aromatic N) is 1. The number of anilines is 2. The minimum Gasteiger partial charge on any atom is -0.493 e. The fourth-order valence-electron chi connectivity index (χ4n) is 3.31. The van der Waals surface area contributed by atoms with Crippen LogP contribution in [0.2, 0.25) is 5.02 Å². The van der Waals surface area contributed by atoms with E-state index in [2.05, 4.69) is 5.32 Å². The second-order valence-electron chi connectivity index (χ2n) is 6.80. The number of amides is 2. The van der Waals surface area contributed by atoms with Gasteiger partial charge in [-0.05, 0) is 48.2 Å². The van der Waals surface area contributed by atoms with E-state index in [1.807, 2.05) is 24.4 Å². The summed E-state index contributed by atoms with van der Waals surface area (Å²) in [5.41, 5.74) is 2.37. The van der Waals surface area contributed by atoms with Crippen molar-refractivity contribution in [2.24, 2.45) is 0 Å². The zero-order chi connectivity index (χ0) is 22.1. The number of hydrogen-bond acceptors (Lipinski definition) is 6. The predicted octanol–water partition coefficient (Wildman–Crippen LogP) is 5.12. The van der Waals surface area contributed by atoms with Gasteiger partial charge in [-0.1, -0.05) is 23.7 Å². The van der Waals surface area contributed by atoms with Crippen molar-refractivity contribution in [2.75, 3.05) is 24.4 Å². The molecule has 0 atom stereocenters. The summed E-state index contributed by atoms with van der Waals surface area (Å²) in [5.74, 6) is 0.202. The minimum absolute atomic E-state index is 0.191. The highest BCUT2D eigenvalue weighted by molar-refractivity contribution is 7.11. The summed E-state index contributed by atoms with van der Waals surface area (Å²) in [6, 6.07) is 14.0. The van der Waals surface area contributed by atoms with E-state index in [1.54, 1.807) is 43.5 Å². The minimum atomic E-state index is -0.455. The molecule has 6 nitrogen and oxygen atoms in total. The highest BCUT2D eigenvalue weighted by Crippen LogP contribution is 2.37. The van der Waals surface area contributed by atoms with Crippen molar-refractivity contribution in [3.63, 3.8) is 0 Å². The average molecular weight is 455 g/mol. The first-order valence-corrected chi connectivity index (χ1v) is 10.6. The van der Waals surface area contributed by atoms with E-state index >= 15 is 0 Å². The number of rotatable bonds is 6. The van der Waals surface area contributed by atoms with Gasteiger partial charge in [-0.25, -0.2) is 4.90 Å². The molecule has 0 spiro atoms. The first kappa shape index (κ1) is 21.0. The Kier molecular flexibility index (Phi) is 5.71. The van der Waals surface area contributed by atoms with Crippen molar-refractivity contribution in [3.8, 4) is 11.5 Å². The zero-order valence-corrected chi connectivity index (χ0v) is 18.6. The normalized spacial score (nSPS) is 13.7. The van der Waals surface area contributed by atoms with Gasteiger partial charge < -0.3 is 14.8 Å². The molecule has 2 amide bonds. The molecule has 158 valence electrons. The van der Waals surface area contributed by atoms with Crippen LogP contribution in [0.5, 0.6) is 11.5 Å². The third kappa shape index (κ3) is 3.78. The second-order valence-corrected chi connectivity index (χ2v) is 8.16. The molecule has 3 aromatic rings. The van der Waals surface area contributed by atoms with Gasteiger partial charge in [-0.3, -0.25) is 9.59 Å². The van der Waals surface area contributed by atoms with Crippen LogP contribution in [0.25, 0.3) is 5.57 Å². The Morgan fingerprint density at radius 3 is 2.39 bits per heavy atom. The quantitative estimate of drug-likeness (QED) is 0.523. The van der Waals surface area contributed by atoms with E-state index in [1.165, 1.54) is 18.4 Å². The van der Waals surface area contributed by atoms with Crippen molar-refractivity contribution < 1.29 is 19.1 Å². The number of carbonyl (C=O) groups is 2. The Morgan fingerprint density at radius 1 is 0.968 bits per heavy atom. The van der Waals surface area contributed by atoms with Crippen molar-refractivity contribution in [1.82, 2.24) is 0 Å². The van der Waals surface area contributed by atoms with E-state index < -0.39 is 11.8 Å². The van der Waals surface area contributed by atoms with Gasteiger partial charge in [0.15, 0.2) is 11.5 Å². The lowest BCUT2D eigenvalue weighted by atomic mass is 10.1. The van der Waals surface area contributed by atoms with Crippen LogP contribution in [0.4, 0.5) is 11.4 Å². The monoisotopic (exact) mass is 454 g/mol. The second kappa shape index (κ2) is 8.45. The van der Waals surface area contributed by atoms with E-state index in [4.69, 9.17) is 21.1 Å². The summed E-state index contributed by atoms with van der Waals surface area (Å²) in [6.45, 7) is 1.86. The maximum atomic E-state index is 13.4. The van der Waals surface area contributed by atoms with Gasteiger partial charge in [0, 0.05) is 21.7 Å². The molecule has 8 heteroatoms. The molecule has 0 radical (unpaired) electrons. The lowest BCUT2D eigenvalue weighted by Gasteiger charge is -2.16. The van der Waals surface area contributed by atoms with Crippen molar-refractivity contribution in [1.29, 1.82) is 0 Å². The van der Waals surface area contributed by atoms with Crippen LogP contribution in [0.3, 0.4) is 0 Å². The number of nitrogens with one attached hydrogen (secondary N) is 1. The Hall–Kier alpha value is -3.29. The number of benzene rings is 2. The molecule has 0 bridgehead atoms. The molecule has 31 heavy (non-hydrogen) atoms. The molecule has 0 unspecified atom stereocenters. The fraction of sp³-hybridized carbons (Fsp3) is 0.130. The first-order valence-electron chi connectivity index (χ1n) is 9.36. The number of carbonyl (C=O) groups excluding carboxylic acids is 2. The smallest absolute Gasteiger partial charge is 0.282 e. The third-order valence-electron chi connectivity index (χ3n) is 4.92. The summed E-state index contributed by atoms with van der Waals surface area (Å²) in [7, 11) is 3.08. The topological polar surface area (TPSA) is 67.9 Å². The van der Waals surface area contributed by atoms with Crippen LogP contribution < -0.4 is 19.7 Å². The number of aryl methyl sites for hydroxylation is 1. The molecule has 1 aromatic heterocycles. The number of ether oxygens (including phenoxy) is 2. The summed E-state index contributed by atoms with van der Waals surface area (Å²) < 4.78 is 10.6. The largest absolute Gasteiger partial charge is 0.493 e. The highest BCUT2D eigenvalue weighted by atomic mass is 35.5. The van der Waals surface area contributed by atoms with Crippen LogP contribution >= 0.6 is 22.9 Å². The fourth-order valence-corrected chi connectivity index (χ4v) is 4.25. The van der Waals surface area contributed by atoms with Gasteiger partial charge in [0.05, 0.1) is 25.5 Å². The van der Waals surface area contributed by atoms with Gasteiger partial charge in [-0.2, -0.15) is 0 Å². The van der Waals surface area contributed by atoms with Gasteiger partial charge >= 0.3 is 0 Å². The standard InChI is InChI=1S/C23H19ClN2O4S/c1-13-6-8-15(12-16(13)24)26-22(27)20(19-5-4-10-31-19)21(23(26)28)25-14-7-9-17(29-2)18(11-14)30-3/h4-12,25H,1-3H3. The molecule has 0 fully saturated rings. The Bertz CT molecular complexity index is 1200. The molecule has 2 heterocycles. The summed E-state index contributed by atoms with van der Waals surface area (Å²) >= 11 is 7.64. The van der Waals surface area contributed by atoms with Crippen LogP contribution in [0.1, 0.15) is 10.4 Å². The molecule has 1 aliphatic heterocycles. The molecule has 1 aliphatic rings. The van der Waals surface area contributed by atoms with Crippen LogP contribution in [0, 0.1) is 6.92 Å². The SMILES string of the molecule is COc1ccc(NC2=C(c3cccs3)C(=O)N(c3ccc(C)c(Cl)c3)C2=O)cc1OC. The molecule has 0 aliphatic carbocycles. The molecule has 1 N–H and O–H groups in total. The highest BCUT2D eigenvalue weighted by Gasteiger charge is 2.40. The number of thiophene rings is 1. The van der Waals surface area contributed by atoms with Crippen LogP contribution in [-0.4, -0.2) is 26.0 Å². The number of imide groups is 1. The van der Waals surface area contributed by atoms with Gasteiger partial charge in [0.2, 0.25) is 0 Å². The molecule has 0 saturated heterocycles. The summed E-state index contributed by atoms with van der Waals surface area (Å²) in [6.07, 6.45) is 0. The molecule has 2 aromatic carbocycles. The maximum Gasteiger partial charge on any atom is 0.282 e. The maximum absolute atomic E-state index is 13.4. The van der Waals surface area contributed by atoms with Crippen LogP contribution in [-0.2, 0) is 9.59 Å². The Morgan fingerprint density at radius 2 is 1.74 bits per heavy atom. The van der Waals surface area contributed by atoms with E-state index in [-0.39, 0.29) is 5.70 Å². The summed E-state index contributed by atoms with van der Waals surface area (Å²) in [5, 5.41) is 5.46. The van der Waals surface area contributed by atoms with E-state index in [0.717, 1.165) is 10.5 Å². The Balaban J connectivity index is 1.78.